The van der Waals surface area contributed by atoms with Gasteiger partial charge in [0.05, 0.1) is 0 Å². The van der Waals surface area contributed by atoms with Crippen molar-refractivity contribution in [3.63, 3.8) is 0 Å². The van der Waals surface area contributed by atoms with Crippen molar-refractivity contribution in [1.82, 2.24) is 5.16 Å². The molecule has 28 heavy (non-hydrogen) atoms. The Morgan fingerprint density at radius 3 is 2.32 bits per heavy atom. The second-order valence-electron chi connectivity index (χ2n) is 7.23. The Bertz CT molecular complexity index is 924. The van der Waals surface area contributed by atoms with Crippen LogP contribution in [0.15, 0.2) is 59.1 Å². The first-order valence-electron chi connectivity index (χ1n) is 9.90. The number of rotatable bonds is 4. The van der Waals surface area contributed by atoms with Crippen molar-refractivity contribution in [3.8, 4) is 11.3 Å². The van der Waals surface area contributed by atoms with Gasteiger partial charge in [-0.05, 0) is 44.0 Å². The molecule has 1 N–H and O–H groups in total. The summed E-state index contributed by atoms with van der Waals surface area (Å²) in [5.74, 6) is 0.303. The molecule has 144 valence electrons. The molecule has 2 heterocycles. The Hall–Kier alpha value is -3.08. The van der Waals surface area contributed by atoms with E-state index in [2.05, 4.69) is 27.5 Å². The number of aryl methyl sites for hydroxylation is 1. The van der Waals surface area contributed by atoms with E-state index in [9.17, 15) is 4.79 Å². The van der Waals surface area contributed by atoms with Crippen LogP contribution in [0.1, 0.15) is 41.8 Å². The van der Waals surface area contributed by atoms with Crippen molar-refractivity contribution in [1.29, 1.82) is 0 Å². The minimum atomic E-state index is -0.208. The third-order valence-corrected chi connectivity index (χ3v) is 5.23. The molecule has 0 atom stereocenters. The Morgan fingerprint density at radius 2 is 1.64 bits per heavy atom. The van der Waals surface area contributed by atoms with Gasteiger partial charge in [-0.3, -0.25) is 4.79 Å². The molecule has 1 aromatic heterocycles. The fourth-order valence-corrected chi connectivity index (χ4v) is 3.71. The van der Waals surface area contributed by atoms with Crippen LogP contribution in [0, 0.1) is 6.92 Å². The highest BCUT2D eigenvalue weighted by atomic mass is 16.5. The van der Waals surface area contributed by atoms with E-state index in [0.717, 1.165) is 24.3 Å². The minimum absolute atomic E-state index is 0.208. The molecular weight excluding hydrogens is 350 g/mol. The van der Waals surface area contributed by atoms with Crippen LogP contribution in [0.25, 0.3) is 11.3 Å². The van der Waals surface area contributed by atoms with Gasteiger partial charge >= 0.3 is 0 Å². The zero-order valence-electron chi connectivity index (χ0n) is 16.1. The van der Waals surface area contributed by atoms with Crippen molar-refractivity contribution in [2.45, 2.75) is 32.6 Å². The first-order valence-corrected chi connectivity index (χ1v) is 9.90. The molecule has 0 saturated carbocycles. The zero-order valence-corrected chi connectivity index (χ0v) is 16.1. The number of amides is 1. The molecule has 1 aliphatic heterocycles. The lowest BCUT2D eigenvalue weighted by atomic mass is 10.1. The van der Waals surface area contributed by atoms with Gasteiger partial charge in [-0.2, -0.15) is 0 Å². The van der Waals surface area contributed by atoms with Crippen molar-refractivity contribution in [2.75, 3.05) is 23.3 Å². The van der Waals surface area contributed by atoms with Crippen molar-refractivity contribution < 1.29 is 9.32 Å². The van der Waals surface area contributed by atoms with Crippen LogP contribution in [-0.4, -0.2) is 24.2 Å². The molecule has 3 aromatic rings. The molecule has 0 unspecified atom stereocenters. The van der Waals surface area contributed by atoms with Gasteiger partial charge in [-0.15, -0.1) is 0 Å². The van der Waals surface area contributed by atoms with Crippen molar-refractivity contribution in [3.05, 3.63) is 65.9 Å². The van der Waals surface area contributed by atoms with E-state index >= 15 is 0 Å². The second-order valence-corrected chi connectivity index (χ2v) is 7.23. The molecule has 0 bridgehead atoms. The second kappa shape index (κ2) is 8.30. The smallest absolute Gasteiger partial charge is 0.261 e. The van der Waals surface area contributed by atoms with Crippen LogP contribution < -0.4 is 10.2 Å². The first-order chi connectivity index (χ1) is 13.7. The van der Waals surface area contributed by atoms with Crippen LogP contribution in [0.3, 0.4) is 0 Å². The predicted octanol–water partition coefficient (Wildman–Crippen LogP) is 5.28. The lowest BCUT2D eigenvalue weighted by molar-refractivity contribution is 0.102. The summed E-state index contributed by atoms with van der Waals surface area (Å²) in [4.78, 5) is 15.3. The standard InChI is InChI=1S/C23H25N3O2/c1-17-21(22(25-28-17)18-9-5-4-6-10-18)23(27)24-19-11-13-20(14-12-19)26-15-7-2-3-8-16-26/h4-6,9-14H,2-3,7-8,15-16H2,1H3,(H,24,27). The molecule has 1 amide bonds. The fraction of sp³-hybridized carbons (Fsp3) is 0.304. The quantitative estimate of drug-likeness (QED) is 0.674. The maximum Gasteiger partial charge on any atom is 0.261 e. The number of carbonyl (C=O) groups excluding carboxylic acids is 1. The average Bonchev–Trinajstić information content (AvgIpc) is 2.92. The van der Waals surface area contributed by atoms with E-state index in [1.165, 1.54) is 31.4 Å². The molecule has 4 rings (SSSR count). The number of nitrogens with one attached hydrogen (secondary N) is 1. The largest absolute Gasteiger partial charge is 0.372 e. The highest BCUT2D eigenvalue weighted by Crippen LogP contribution is 2.27. The zero-order chi connectivity index (χ0) is 19.3. The summed E-state index contributed by atoms with van der Waals surface area (Å²) in [6.45, 7) is 3.97. The SMILES string of the molecule is Cc1onc(-c2ccccc2)c1C(=O)Nc1ccc(N2CCCCCC2)cc1. The maximum atomic E-state index is 12.9. The first kappa shape index (κ1) is 18.3. The topological polar surface area (TPSA) is 58.4 Å². The molecule has 0 radical (unpaired) electrons. The highest BCUT2D eigenvalue weighted by Gasteiger charge is 2.21. The van der Waals surface area contributed by atoms with Crippen molar-refractivity contribution >= 4 is 17.3 Å². The van der Waals surface area contributed by atoms with E-state index in [1.807, 2.05) is 42.5 Å². The van der Waals surface area contributed by atoms with Crippen LogP contribution in [0.4, 0.5) is 11.4 Å². The van der Waals surface area contributed by atoms with Gasteiger partial charge < -0.3 is 14.7 Å². The monoisotopic (exact) mass is 375 g/mol. The number of aromatic nitrogens is 1. The summed E-state index contributed by atoms with van der Waals surface area (Å²) in [7, 11) is 0. The third kappa shape index (κ3) is 3.93. The predicted molar refractivity (Wildman–Crippen MR) is 112 cm³/mol. The Kier molecular flexibility index (Phi) is 5.42. The Morgan fingerprint density at radius 1 is 0.964 bits per heavy atom. The summed E-state index contributed by atoms with van der Waals surface area (Å²) >= 11 is 0. The fourth-order valence-electron chi connectivity index (χ4n) is 3.71. The van der Waals surface area contributed by atoms with Gasteiger partial charge in [0, 0.05) is 30.0 Å². The third-order valence-electron chi connectivity index (χ3n) is 5.23. The van der Waals surface area contributed by atoms with Crippen LogP contribution >= 0.6 is 0 Å². The van der Waals surface area contributed by atoms with E-state index in [-0.39, 0.29) is 5.91 Å². The number of nitrogens with zero attached hydrogens (tertiary/aromatic N) is 2. The molecule has 0 spiro atoms. The molecule has 0 aliphatic carbocycles. The summed E-state index contributed by atoms with van der Waals surface area (Å²) in [6, 6.07) is 17.7. The number of anilines is 2. The normalized spacial score (nSPS) is 14.5. The van der Waals surface area contributed by atoms with Gasteiger partial charge in [0.1, 0.15) is 17.0 Å². The van der Waals surface area contributed by atoms with Crippen LogP contribution in [0.5, 0.6) is 0 Å². The van der Waals surface area contributed by atoms with Gasteiger partial charge in [0.2, 0.25) is 0 Å². The molecule has 1 fully saturated rings. The Balaban J connectivity index is 1.51. The molecule has 5 heteroatoms. The lowest BCUT2D eigenvalue weighted by Crippen LogP contribution is -2.23. The maximum absolute atomic E-state index is 12.9. The van der Waals surface area contributed by atoms with Crippen molar-refractivity contribution in [2.24, 2.45) is 0 Å². The summed E-state index contributed by atoms with van der Waals surface area (Å²) < 4.78 is 5.30. The van der Waals surface area contributed by atoms with Crippen LogP contribution in [-0.2, 0) is 0 Å². The van der Waals surface area contributed by atoms with E-state index in [4.69, 9.17) is 4.52 Å². The average molecular weight is 375 g/mol. The van der Waals surface area contributed by atoms with E-state index in [1.54, 1.807) is 6.92 Å². The number of carbonyl (C=O) groups is 1. The van der Waals surface area contributed by atoms with E-state index in [0.29, 0.717) is 17.0 Å². The molecule has 5 nitrogen and oxygen atoms in total. The lowest BCUT2D eigenvalue weighted by Gasteiger charge is -2.22. The van der Waals surface area contributed by atoms with Gasteiger partial charge in [0.25, 0.3) is 5.91 Å². The van der Waals surface area contributed by atoms with Gasteiger partial charge in [-0.25, -0.2) is 0 Å². The number of benzene rings is 2. The van der Waals surface area contributed by atoms with E-state index < -0.39 is 0 Å². The highest BCUT2D eigenvalue weighted by molar-refractivity contribution is 6.08. The summed E-state index contributed by atoms with van der Waals surface area (Å²) in [5, 5.41) is 7.07. The summed E-state index contributed by atoms with van der Waals surface area (Å²) in [6.07, 6.45) is 5.11. The molecular formula is C23H25N3O2. The summed E-state index contributed by atoms with van der Waals surface area (Å²) in [5.41, 5.74) is 3.88. The Labute approximate surface area is 165 Å². The minimum Gasteiger partial charge on any atom is -0.372 e. The van der Waals surface area contributed by atoms with Gasteiger partial charge in [-0.1, -0.05) is 48.3 Å². The molecule has 1 saturated heterocycles. The molecule has 1 aliphatic rings. The van der Waals surface area contributed by atoms with Crippen LogP contribution in [0.2, 0.25) is 0 Å². The number of hydrogen-bond donors (Lipinski definition) is 1. The van der Waals surface area contributed by atoms with Gasteiger partial charge in [0.15, 0.2) is 0 Å². The molecule has 2 aromatic carbocycles. The number of hydrogen-bond acceptors (Lipinski definition) is 4.